The van der Waals surface area contributed by atoms with Crippen molar-refractivity contribution in [3.8, 4) is 11.1 Å². The van der Waals surface area contributed by atoms with Gasteiger partial charge in [-0.2, -0.15) is 0 Å². The van der Waals surface area contributed by atoms with Crippen LogP contribution >= 0.6 is 23.2 Å². The van der Waals surface area contributed by atoms with E-state index in [0.717, 1.165) is 10.0 Å². The second-order valence-electron chi connectivity index (χ2n) is 10.8. The average Bonchev–Trinajstić information content (AvgIpc) is 2.80. The highest BCUT2D eigenvalue weighted by atomic mass is 35.5. The number of benzene rings is 3. The van der Waals surface area contributed by atoms with Gasteiger partial charge in [0.2, 0.25) is 0 Å². The van der Waals surface area contributed by atoms with Gasteiger partial charge in [0.15, 0.2) is 0 Å². The third kappa shape index (κ3) is 7.00. The second-order valence-corrected chi connectivity index (χ2v) is 11.6. The normalized spacial score (nSPS) is 15.4. The first kappa shape index (κ1) is 26.6. The second kappa shape index (κ2) is 11.6. The van der Waals surface area contributed by atoms with Crippen LogP contribution < -0.4 is 0 Å². The quantitative estimate of drug-likeness (QED) is 0.339. The van der Waals surface area contributed by atoms with Gasteiger partial charge in [0.25, 0.3) is 0 Å². The summed E-state index contributed by atoms with van der Waals surface area (Å²) in [5, 5.41) is 1.60. The molecule has 0 amide bonds. The Labute approximate surface area is 217 Å². The Morgan fingerprint density at radius 1 is 0.676 bits per heavy atom. The van der Waals surface area contributed by atoms with Crippen molar-refractivity contribution in [1.29, 1.82) is 0 Å². The molecule has 0 unspecified atom stereocenters. The van der Waals surface area contributed by atoms with Gasteiger partial charge in [-0.1, -0.05) is 119 Å². The zero-order valence-corrected chi connectivity index (χ0v) is 23.0. The fourth-order valence-electron chi connectivity index (χ4n) is 4.76. The van der Waals surface area contributed by atoms with Gasteiger partial charge in [0.05, 0.1) is 0 Å². The van der Waals surface area contributed by atoms with Crippen LogP contribution in [0.1, 0.15) is 77.8 Å². The van der Waals surface area contributed by atoms with Crippen LogP contribution in [0.4, 0.5) is 0 Å². The minimum absolute atomic E-state index is 0.454. The van der Waals surface area contributed by atoms with E-state index >= 15 is 0 Å². The molecule has 2 heteroatoms. The molecule has 1 aliphatic carbocycles. The molecule has 0 bridgehead atoms. The fourth-order valence-corrected chi connectivity index (χ4v) is 5.01. The van der Waals surface area contributed by atoms with Gasteiger partial charge in [0, 0.05) is 10.0 Å². The fraction of sp³-hybridized carbons (Fsp3) is 0.375. The van der Waals surface area contributed by atoms with E-state index in [4.69, 9.17) is 23.2 Å². The molecule has 0 nitrogen and oxygen atoms in total. The number of rotatable bonds is 4. The lowest BCUT2D eigenvalue weighted by atomic mass is 9.70. The first-order valence-electron chi connectivity index (χ1n) is 12.4. The lowest BCUT2D eigenvalue weighted by Gasteiger charge is -2.35. The van der Waals surface area contributed by atoms with Gasteiger partial charge < -0.3 is 0 Å². The molecule has 0 aliphatic heterocycles. The Morgan fingerprint density at radius 3 is 1.74 bits per heavy atom. The molecule has 0 heterocycles. The van der Waals surface area contributed by atoms with Crippen molar-refractivity contribution >= 4 is 28.8 Å². The lowest BCUT2D eigenvalue weighted by Crippen LogP contribution is -2.20. The monoisotopic (exact) mass is 492 g/mol. The number of allylic oxidation sites excluding steroid dienone is 2. The Bertz CT molecular complexity index is 1100. The van der Waals surface area contributed by atoms with Gasteiger partial charge in [-0.25, -0.2) is 0 Å². The molecule has 0 atom stereocenters. The Hall–Kier alpha value is -2.02. The van der Waals surface area contributed by atoms with Crippen molar-refractivity contribution in [2.75, 3.05) is 0 Å². The predicted octanol–water partition coefficient (Wildman–Crippen LogP) is 11.1. The first-order chi connectivity index (χ1) is 16.1. The number of hydrogen-bond donors (Lipinski definition) is 0. The molecule has 3 aromatic carbocycles. The summed E-state index contributed by atoms with van der Waals surface area (Å²) >= 11 is 11.9. The van der Waals surface area contributed by atoms with Crippen LogP contribution in [-0.4, -0.2) is 0 Å². The van der Waals surface area contributed by atoms with E-state index < -0.39 is 0 Å². The Balaban J connectivity index is 0.000000192. The minimum atomic E-state index is 0.454. The van der Waals surface area contributed by atoms with E-state index in [1.165, 1.54) is 41.5 Å². The molecular formula is C32H38Cl2. The van der Waals surface area contributed by atoms with Crippen LogP contribution in [0.3, 0.4) is 0 Å². The summed E-state index contributed by atoms with van der Waals surface area (Å²) in [6, 6.07) is 24.9. The molecule has 0 saturated heterocycles. The zero-order valence-electron chi connectivity index (χ0n) is 21.5. The molecule has 1 aliphatic rings. The lowest BCUT2D eigenvalue weighted by molar-refractivity contribution is 0.313. The maximum Gasteiger partial charge on any atom is 0.0406 e. The molecule has 0 fully saturated rings. The zero-order chi connectivity index (χ0) is 24.9. The molecule has 180 valence electrons. The Morgan fingerprint density at radius 2 is 1.21 bits per heavy atom. The topological polar surface area (TPSA) is 0 Å². The Kier molecular flexibility index (Phi) is 9.07. The molecule has 0 N–H and O–H groups in total. The summed E-state index contributed by atoms with van der Waals surface area (Å²) in [6.45, 7) is 13.8. The van der Waals surface area contributed by atoms with E-state index in [9.17, 15) is 0 Å². The van der Waals surface area contributed by atoms with Crippen LogP contribution in [0.5, 0.6) is 0 Å². The van der Waals surface area contributed by atoms with Crippen molar-refractivity contribution in [2.24, 2.45) is 11.3 Å². The summed E-state index contributed by atoms with van der Waals surface area (Å²) in [7, 11) is 0. The largest absolute Gasteiger partial charge is 0.0843 e. The summed E-state index contributed by atoms with van der Waals surface area (Å²) in [4.78, 5) is 0. The van der Waals surface area contributed by atoms with Crippen LogP contribution in [0.25, 0.3) is 16.7 Å². The van der Waals surface area contributed by atoms with Crippen molar-refractivity contribution in [1.82, 2.24) is 0 Å². The summed E-state index contributed by atoms with van der Waals surface area (Å²) < 4.78 is 0. The highest BCUT2D eigenvalue weighted by molar-refractivity contribution is 6.30. The van der Waals surface area contributed by atoms with Crippen LogP contribution in [0.15, 0.2) is 78.4 Å². The third-order valence-electron chi connectivity index (χ3n) is 6.74. The molecule has 4 rings (SSSR count). The van der Waals surface area contributed by atoms with Crippen LogP contribution in [0.2, 0.25) is 10.0 Å². The molecule has 0 aromatic heterocycles. The van der Waals surface area contributed by atoms with Crippen LogP contribution in [0, 0.1) is 11.3 Å². The minimum Gasteiger partial charge on any atom is -0.0843 e. The van der Waals surface area contributed by atoms with Crippen molar-refractivity contribution in [3.05, 3.63) is 99.5 Å². The van der Waals surface area contributed by atoms with Gasteiger partial charge in [-0.15, -0.1) is 0 Å². The maximum atomic E-state index is 5.98. The van der Waals surface area contributed by atoms with Gasteiger partial charge in [-0.3, -0.25) is 0 Å². The van der Waals surface area contributed by atoms with Crippen molar-refractivity contribution < 1.29 is 0 Å². The predicted molar refractivity (Wildman–Crippen MR) is 152 cm³/mol. The molecule has 0 radical (unpaired) electrons. The standard InChI is InChI=1S/C17H23Cl.C15H15Cl/c1-12(2)16-11-17(3,4)10-9-15(16)13-5-7-14(18)8-6-13;1-11(2)14-5-3-4-6-15(14)12-7-9-13(16)10-8-12/h5-8,12H,9-11H2,1-4H3;3-11H,1-2H3. The maximum absolute atomic E-state index is 5.98. The average molecular weight is 494 g/mol. The van der Waals surface area contributed by atoms with E-state index in [2.05, 4.69) is 90.1 Å². The smallest absolute Gasteiger partial charge is 0.0406 e. The SMILES string of the molecule is CC(C)C1=C(c2ccc(Cl)cc2)CCC(C)(C)C1.CC(C)c1ccccc1-c1ccc(Cl)cc1. The first-order valence-corrected chi connectivity index (χ1v) is 13.2. The number of hydrogen-bond acceptors (Lipinski definition) is 0. The summed E-state index contributed by atoms with van der Waals surface area (Å²) in [5.74, 6) is 1.17. The van der Waals surface area contributed by atoms with E-state index in [1.54, 1.807) is 11.1 Å². The van der Waals surface area contributed by atoms with Crippen molar-refractivity contribution in [3.63, 3.8) is 0 Å². The van der Waals surface area contributed by atoms with Gasteiger partial charge in [-0.05, 0) is 88.6 Å². The number of halogens is 2. The molecule has 0 spiro atoms. The van der Waals surface area contributed by atoms with Crippen LogP contribution in [-0.2, 0) is 0 Å². The van der Waals surface area contributed by atoms with E-state index in [0.29, 0.717) is 17.3 Å². The summed E-state index contributed by atoms with van der Waals surface area (Å²) in [6.07, 6.45) is 3.70. The molecule has 3 aromatic rings. The molecule has 34 heavy (non-hydrogen) atoms. The highest BCUT2D eigenvalue weighted by Crippen LogP contribution is 2.44. The van der Waals surface area contributed by atoms with E-state index in [-0.39, 0.29) is 0 Å². The summed E-state index contributed by atoms with van der Waals surface area (Å²) in [5.41, 5.74) is 8.91. The third-order valence-corrected chi connectivity index (χ3v) is 7.24. The molecule has 0 saturated carbocycles. The molecular weight excluding hydrogens is 455 g/mol. The van der Waals surface area contributed by atoms with E-state index in [1.807, 2.05) is 24.3 Å². The van der Waals surface area contributed by atoms with Crippen molar-refractivity contribution in [2.45, 2.75) is 66.7 Å². The van der Waals surface area contributed by atoms with Gasteiger partial charge >= 0.3 is 0 Å². The highest BCUT2D eigenvalue weighted by Gasteiger charge is 2.28. The van der Waals surface area contributed by atoms with Gasteiger partial charge in [0.1, 0.15) is 0 Å².